The molecule has 0 bridgehead atoms. The predicted octanol–water partition coefficient (Wildman–Crippen LogP) is 0.801. The highest BCUT2D eigenvalue weighted by molar-refractivity contribution is 5.79. The van der Waals surface area contributed by atoms with Crippen molar-refractivity contribution in [3.05, 3.63) is 52.9 Å². The lowest BCUT2D eigenvalue weighted by atomic mass is 9.98. The lowest BCUT2D eigenvalue weighted by molar-refractivity contribution is -0.701. The van der Waals surface area contributed by atoms with Gasteiger partial charge in [-0.25, -0.2) is 0 Å². The van der Waals surface area contributed by atoms with E-state index in [0.29, 0.717) is 6.04 Å². The molecule has 2 rings (SSSR count). The summed E-state index contributed by atoms with van der Waals surface area (Å²) >= 11 is 0. The number of nitrogens with one attached hydrogen (secondary N) is 1. The highest BCUT2D eigenvalue weighted by atomic mass is 16.3. The molecule has 2 atom stereocenters. The highest BCUT2D eigenvalue weighted by Crippen LogP contribution is 2.09. The number of carbonyl (C=O) groups excluding carboxylic acids is 1. The van der Waals surface area contributed by atoms with Crippen LogP contribution in [0.15, 0.2) is 36.8 Å². The molecule has 0 spiro atoms. The molecule has 1 aromatic heterocycles. The van der Waals surface area contributed by atoms with Gasteiger partial charge >= 0.3 is 0 Å². The van der Waals surface area contributed by atoms with Crippen molar-refractivity contribution in [2.24, 2.45) is 0 Å². The molecule has 1 amide bonds. The lowest BCUT2D eigenvalue weighted by Gasteiger charge is -2.21. The van der Waals surface area contributed by atoms with Crippen LogP contribution in [0.5, 0.6) is 0 Å². The Morgan fingerprint density at radius 3 is 3.04 bits per heavy atom. The van der Waals surface area contributed by atoms with E-state index in [1.807, 2.05) is 13.1 Å². The summed E-state index contributed by atoms with van der Waals surface area (Å²) in [6.07, 6.45) is 9.26. The van der Waals surface area contributed by atoms with E-state index < -0.39 is 0 Å². The van der Waals surface area contributed by atoms with Crippen molar-refractivity contribution in [2.45, 2.75) is 58.7 Å². The number of fused-ring (bicyclic) bond motifs is 1. The molecule has 0 saturated carbocycles. The van der Waals surface area contributed by atoms with E-state index in [0.717, 1.165) is 35.5 Å². The molecule has 1 heterocycles. The maximum Gasteiger partial charge on any atom is 0.224 e. The molecule has 0 radical (unpaired) electrons. The highest BCUT2D eigenvalue weighted by Gasteiger charge is 2.17. The Balaban J connectivity index is 2.07. The molecule has 140 valence electrons. The van der Waals surface area contributed by atoms with Crippen LogP contribution in [0.3, 0.4) is 0 Å². The minimum atomic E-state index is -0.0801. The summed E-state index contributed by atoms with van der Waals surface area (Å²) in [6.45, 7) is 10.7. The van der Waals surface area contributed by atoms with Crippen molar-refractivity contribution < 1.29 is 15.2 Å². The number of aromatic nitrogens is 1. The summed E-state index contributed by atoms with van der Waals surface area (Å²) in [5.41, 5.74) is 2.31. The van der Waals surface area contributed by atoms with Gasteiger partial charge in [0, 0.05) is 18.2 Å². The molecule has 5 heteroatoms. The van der Waals surface area contributed by atoms with Gasteiger partial charge in [-0.3, -0.25) is 9.78 Å². The number of quaternary nitrogens is 1. The fourth-order valence-electron chi connectivity index (χ4n) is 2.94. The molecule has 5 nitrogen and oxygen atoms in total. The quantitative estimate of drug-likeness (QED) is 0.476. The summed E-state index contributed by atoms with van der Waals surface area (Å²) in [5, 5.41) is 16.5. The molecule has 4 N–H and O–H groups in total. The first-order valence-electron chi connectivity index (χ1n) is 9.23. The largest absolute Gasteiger partial charge is 0.509 e. The van der Waals surface area contributed by atoms with Crippen LogP contribution >= 0.6 is 0 Å². The number of aliphatic hydroxyl groups excluding tert-OH is 1. The predicted molar refractivity (Wildman–Crippen MR) is 104 cm³/mol. The second-order valence-corrected chi connectivity index (χ2v) is 6.95. The van der Waals surface area contributed by atoms with Crippen molar-refractivity contribution in [3.8, 4) is 0 Å². The Morgan fingerprint density at radius 1 is 1.58 bits per heavy atom. The van der Waals surface area contributed by atoms with E-state index in [4.69, 9.17) is 5.11 Å². The van der Waals surface area contributed by atoms with Gasteiger partial charge in [0.2, 0.25) is 5.91 Å². The van der Waals surface area contributed by atoms with Crippen LogP contribution in [-0.2, 0) is 11.3 Å². The Bertz CT molecular complexity index is 811. The van der Waals surface area contributed by atoms with E-state index in [-0.39, 0.29) is 24.1 Å². The molecule has 1 aliphatic rings. The van der Waals surface area contributed by atoms with Crippen LogP contribution in [0.1, 0.15) is 45.6 Å². The Hall–Kier alpha value is -2.40. The normalized spacial score (nSPS) is 17.5. The molecule has 0 aromatic carbocycles. The van der Waals surface area contributed by atoms with E-state index >= 15 is 0 Å². The summed E-state index contributed by atoms with van der Waals surface area (Å²) in [7, 11) is 0. The first-order valence-corrected chi connectivity index (χ1v) is 9.23. The van der Waals surface area contributed by atoms with Gasteiger partial charge in [0.15, 0.2) is 0 Å². The molecule has 1 aliphatic carbocycles. The van der Waals surface area contributed by atoms with E-state index in [1.165, 1.54) is 11.6 Å². The van der Waals surface area contributed by atoms with Crippen LogP contribution in [0.2, 0.25) is 0 Å². The fourth-order valence-corrected chi connectivity index (χ4v) is 2.94. The van der Waals surface area contributed by atoms with Crippen LogP contribution in [0.4, 0.5) is 0 Å². The van der Waals surface area contributed by atoms with Gasteiger partial charge in [0.05, 0.1) is 17.4 Å². The van der Waals surface area contributed by atoms with Crippen LogP contribution in [0.25, 0.3) is 11.6 Å². The number of aliphatic hydroxyl groups is 1. The molecule has 0 saturated heterocycles. The van der Waals surface area contributed by atoms with Gasteiger partial charge in [-0.05, 0) is 49.6 Å². The number of allylic oxidation sites excluding steroid dienone is 1. The minimum absolute atomic E-state index is 0.0363. The monoisotopic (exact) mass is 356 g/mol. The standard InChI is InChI=1S/C21H29N3O2/c1-5-14(2)22-12-17-11-18-9-10-19(16(4)21(18)23-13-17)24-20(26)8-6-7-15(3)25/h6-7,9,11,13-14,19,22,25H,3,5,8,10,12H2,1-2,4H3,(H,24,26)/p+1/b7-6-/t14-,19?/m0/s1. The number of hydrogen-bond acceptors (Lipinski definition) is 3. The SMILES string of the molecule is C=C(O)/C=C\CC(=O)NC1CC=c2cc(C[NH2+][C@@H](C)CC)cnc2=C1C. The van der Waals surface area contributed by atoms with Gasteiger partial charge < -0.3 is 15.7 Å². The minimum Gasteiger partial charge on any atom is -0.509 e. The van der Waals surface area contributed by atoms with Gasteiger partial charge in [0.25, 0.3) is 0 Å². The van der Waals surface area contributed by atoms with Crippen molar-refractivity contribution in [3.63, 3.8) is 0 Å². The molecule has 1 aromatic rings. The molecule has 0 fully saturated rings. The Kier molecular flexibility index (Phi) is 7.16. The van der Waals surface area contributed by atoms with E-state index in [1.54, 1.807) is 6.08 Å². The average molecular weight is 356 g/mol. The van der Waals surface area contributed by atoms with Crippen molar-refractivity contribution in [1.82, 2.24) is 10.3 Å². The van der Waals surface area contributed by atoms with Gasteiger partial charge in [-0.1, -0.05) is 25.7 Å². The first-order chi connectivity index (χ1) is 12.4. The summed E-state index contributed by atoms with van der Waals surface area (Å²) < 4.78 is 0. The molecule has 26 heavy (non-hydrogen) atoms. The third kappa shape index (κ3) is 5.56. The molecule has 1 unspecified atom stereocenters. The number of carbonyl (C=O) groups is 1. The Morgan fingerprint density at radius 2 is 2.35 bits per heavy atom. The number of amides is 1. The second kappa shape index (κ2) is 9.34. The van der Waals surface area contributed by atoms with Crippen LogP contribution in [-0.4, -0.2) is 28.1 Å². The van der Waals surface area contributed by atoms with Crippen molar-refractivity contribution in [2.75, 3.05) is 0 Å². The first kappa shape index (κ1) is 19.9. The van der Waals surface area contributed by atoms with Crippen LogP contribution < -0.4 is 21.2 Å². The second-order valence-electron chi connectivity index (χ2n) is 6.95. The zero-order valence-electron chi connectivity index (χ0n) is 16.0. The number of pyridine rings is 1. The van der Waals surface area contributed by atoms with Crippen molar-refractivity contribution >= 4 is 17.6 Å². The zero-order chi connectivity index (χ0) is 19.1. The summed E-state index contributed by atoms with van der Waals surface area (Å²) in [6, 6.07) is 2.78. The number of nitrogens with two attached hydrogens (primary N) is 1. The zero-order valence-corrected chi connectivity index (χ0v) is 16.0. The third-order valence-electron chi connectivity index (χ3n) is 4.79. The number of rotatable bonds is 8. The maximum absolute atomic E-state index is 12.1. The van der Waals surface area contributed by atoms with Gasteiger partial charge in [0.1, 0.15) is 12.3 Å². The number of hydrogen-bond donors (Lipinski definition) is 3. The Labute approximate surface area is 155 Å². The molecule has 0 aliphatic heterocycles. The van der Waals surface area contributed by atoms with Gasteiger partial charge in [-0.15, -0.1) is 0 Å². The topological polar surface area (TPSA) is 78.8 Å². The number of nitrogens with zero attached hydrogens (tertiary/aromatic N) is 1. The average Bonchev–Trinajstić information content (AvgIpc) is 2.61. The fraction of sp³-hybridized carbons (Fsp3) is 0.429. The van der Waals surface area contributed by atoms with Gasteiger partial charge in [-0.2, -0.15) is 0 Å². The summed E-state index contributed by atoms with van der Waals surface area (Å²) in [5.74, 6) is -0.130. The van der Waals surface area contributed by atoms with E-state index in [2.05, 4.69) is 48.2 Å². The lowest BCUT2D eigenvalue weighted by Crippen LogP contribution is -2.87. The molecular weight excluding hydrogens is 326 g/mol. The van der Waals surface area contributed by atoms with Crippen LogP contribution in [0, 0.1) is 0 Å². The third-order valence-corrected chi connectivity index (χ3v) is 4.79. The van der Waals surface area contributed by atoms with Crippen molar-refractivity contribution in [1.29, 1.82) is 0 Å². The maximum atomic E-state index is 12.1. The molecular formula is C21H30N3O2+. The smallest absolute Gasteiger partial charge is 0.224 e. The van der Waals surface area contributed by atoms with E-state index in [9.17, 15) is 4.79 Å². The summed E-state index contributed by atoms with van der Waals surface area (Å²) in [4.78, 5) is 16.7.